The maximum absolute atomic E-state index is 12.9. The average Bonchev–Trinajstić information content (AvgIpc) is 2.99. The molecule has 1 atom stereocenters. The van der Waals surface area contributed by atoms with Crippen LogP contribution in [0.1, 0.15) is 36.5 Å². The Balaban J connectivity index is 1.80. The summed E-state index contributed by atoms with van der Waals surface area (Å²) in [6, 6.07) is 15.7. The monoisotopic (exact) mass is 395 g/mol. The van der Waals surface area contributed by atoms with E-state index < -0.39 is 0 Å². The van der Waals surface area contributed by atoms with Gasteiger partial charge < -0.3 is 4.74 Å². The van der Waals surface area contributed by atoms with E-state index in [9.17, 15) is 4.79 Å². The summed E-state index contributed by atoms with van der Waals surface area (Å²) in [5.74, 6) is 0.917. The molecule has 0 saturated carbocycles. The van der Waals surface area contributed by atoms with Crippen LogP contribution < -0.4 is 4.74 Å². The van der Waals surface area contributed by atoms with Crippen LogP contribution in [0.4, 0.5) is 0 Å². The van der Waals surface area contributed by atoms with Crippen molar-refractivity contribution in [3.8, 4) is 5.75 Å². The Kier molecular flexibility index (Phi) is 6.87. The first-order chi connectivity index (χ1) is 13.6. The number of hydrogen-bond acceptors (Lipinski definition) is 5. The zero-order chi connectivity index (χ0) is 19.9. The smallest absolute Gasteiger partial charge is 0.242 e. The van der Waals surface area contributed by atoms with Crippen molar-refractivity contribution >= 4 is 29.1 Å². The fourth-order valence-corrected chi connectivity index (χ4v) is 4.18. The number of hydrogen-bond donors (Lipinski definition) is 0. The standard InChI is InChI=1S/C22H25N3O2S/c1-4-7-20-21(26)25(15-18-9-6-5-8-16(18)2)22(28-20)24-23-14-17-10-12-19(27-3)13-11-17/h5-6,8-14,20H,4,7,15H2,1-3H3/b23-14+,24-22-. The zero-order valence-corrected chi connectivity index (χ0v) is 17.3. The van der Waals surface area contributed by atoms with E-state index in [4.69, 9.17) is 4.74 Å². The molecule has 0 radical (unpaired) electrons. The van der Waals surface area contributed by atoms with Gasteiger partial charge in [-0.1, -0.05) is 49.4 Å². The van der Waals surface area contributed by atoms with E-state index in [-0.39, 0.29) is 11.2 Å². The molecule has 5 nitrogen and oxygen atoms in total. The summed E-state index contributed by atoms with van der Waals surface area (Å²) in [6.07, 6.45) is 3.50. The van der Waals surface area contributed by atoms with Crippen molar-refractivity contribution in [2.24, 2.45) is 10.2 Å². The normalized spacial score (nSPS) is 18.4. The van der Waals surface area contributed by atoms with Gasteiger partial charge in [0.05, 0.1) is 25.1 Å². The maximum Gasteiger partial charge on any atom is 0.242 e. The number of amidine groups is 1. The van der Waals surface area contributed by atoms with Gasteiger partial charge in [-0.3, -0.25) is 9.69 Å². The summed E-state index contributed by atoms with van der Waals surface area (Å²) >= 11 is 1.51. The van der Waals surface area contributed by atoms with E-state index in [0.29, 0.717) is 11.7 Å². The molecule has 0 N–H and O–H groups in total. The molecule has 1 amide bonds. The summed E-state index contributed by atoms with van der Waals surface area (Å²) < 4.78 is 5.16. The highest BCUT2D eigenvalue weighted by Crippen LogP contribution is 2.32. The number of nitrogens with zero attached hydrogens (tertiary/aromatic N) is 3. The number of rotatable bonds is 7. The van der Waals surface area contributed by atoms with Gasteiger partial charge in [0.25, 0.3) is 0 Å². The van der Waals surface area contributed by atoms with Gasteiger partial charge in [0, 0.05) is 0 Å². The molecule has 1 heterocycles. The molecule has 0 aromatic heterocycles. The Bertz CT molecular complexity index is 878. The molecular weight excluding hydrogens is 370 g/mol. The third-order valence-corrected chi connectivity index (χ3v) is 5.86. The van der Waals surface area contributed by atoms with Crippen molar-refractivity contribution in [3.05, 3.63) is 65.2 Å². The first kappa shape index (κ1) is 20.1. The summed E-state index contributed by atoms with van der Waals surface area (Å²) in [4.78, 5) is 14.6. The quantitative estimate of drug-likeness (QED) is 0.507. The van der Waals surface area contributed by atoms with E-state index in [0.717, 1.165) is 29.7 Å². The van der Waals surface area contributed by atoms with Crippen LogP contribution in [0.3, 0.4) is 0 Å². The minimum absolute atomic E-state index is 0.0797. The lowest BCUT2D eigenvalue weighted by Gasteiger charge is -2.17. The van der Waals surface area contributed by atoms with Gasteiger partial charge in [-0.15, -0.1) is 5.10 Å². The lowest BCUT2D eigenvalue weighted by molar-refractivity contribution is -0.126. The van der Waals surface area contributed by atoms with Gasteiger partial charge in [0.15, 0.2) is 5.17 Å². The number of carbonyl (C=O) groups is 1. The van der Waals surface area contributed by atoms with Crippen molar-refractivity contribution < 1.29 is 9.53 Å². The minimum atomic E-state index is -0.0797. The van der Waals surface area contributed by atoms with Crippen molar-refractivity contribution in [1.29, 1.82) is 0 Å². The number of benzene rings is 2. The van der Waals surface area contributed by atoms with Gasteiger partial charge in [-0.25, -0.2) is 0 Å². The minimum Gasteiger partial charge on any atom is -0.497 e. The van der Waals surface area contributed by atoms with Crippen molar-refractivity contribution in [2.75, 3.05) is 7.11 Å². The van der Waals surface area contributed by atoms with Crippen LogP contribution in [-0.4, -0.2) is 34.5 Å². The molecule has 1 fully saturated rings. The molecule has 0 bridgehead atoms. The fraction of sp³-hybridized carbons (Fsp3) is 0.318. The van der Waals surface area contributed by atoms with E-state index >= 15 is 0 Å². The molecule has 2 aromatic rings. The number of amides is 1. The Hall–Kier alpha value is -2.60. The van der Waals surface area contributed by atoms with Crippen LogP contribution in [0, 0.1) is 6.92 Å². The Labute approximate surface area is 170 Å². The highest BCUT2D eigenvalue weighted by atomic mass is 32.2. The van der Waals surface area contributed by atoms with Crippen LogP contribution in [0.5, 0.6) is 5.75 Å². The third kappa shape index (κ3) is 4.81. The number of carbonyl (C=O) groups excluding carboxylic acids is 1. The number of ether oxygens (including phenoxy) is 1. The SMILES string of the molecule is CCCC1S/C(=N\N=C\c2ccc(OC)cc2)N(Cc2ccccc2C)C1=O. The summed E-state index contributed by atoms with van der Waals surface area (Å²) in [5.41, 5.74) is 3.22. The van der Waals surface area contributed by atoms with Gasteiger partial charge in [0.1, 0.15) is 5.75 Å². The van der Waals surface area contributed by atoms with Gasteiger partial charge in [0.2, 0.25) is 5.91 Å². The molecule has 1 aliphatic rings. The van der Waals surface area contributed by atoms with E-state index in [2.05, 4.69) is 36.2 Å². The van der Waals surface area contributed by atoms with E-state index in [1.165, 1.54) is 17.3 Å². The molecule has 3 rings (SSSR count). The van der Waals surface area contributed by atoms with Gasteiger partial charge in [-0.2, -0.15) is 5.10 Å². The lowest BCUT2D eigenvalue weighted by Crippen LogP contribution is -2.31. The van der Waals surface area contributed by atoms with Gasteiger partial charge in [-0.05, 0) is 54.3 Å². The van der Waals surface area contributed by atoms with Crippen LogP contribution in [-0.2, 0) is 11.3 Å². The average molecular weight is 396 g/mol. The van der Waals surface area contributed by atoms with E-state index in [1.807, 2.05) is 36.4 Å². The predicted octanol–water partition coefficient (Wildman–Crippen LogP) is 4.64. The van der Waals surface area contributed by atoms with Crippen LogP contribution in [0.2, 0.25) is 0 Å². The second-order valence-electron chi connectivity index (χ2n) is 6.65. The van der Waals surface area contributed by atoms with Crippen LogP contribution in [0.15, 0.2) is 58.7 Å². The molecule has 28 heavy (non-hydrogen) atoms. The molecule has 146 valence electrons. The largest absolute Gasteiger partial charge is 0.497 e. The molecular formula is C22H25N3O2S. The predicted molar refractivity (Wildman–Crippen MR) is 116 cm³/mol. The fourth-order valence-electron chi connectivity index (χ4n) is 2.97. The summed E-state index contributed by atoms with van der Waals surface area (Å²) in [5, 5.41) is 9.19. The topological polar surface area (TPSA) is 54.3 Å². The van der Waals surface area contributed by atoms with Crippen LogP contribution in [0.25, 0.3) is 0 Å². The van der Waals surface area contributed by atoms with E-state index in [1.54, 1.807) is 18.2 Å². The molecule has 0 spiro atoms. The first-order valence-corrected chi connectivity index (χ1v) is 10.3. The second kappa shape index (κ2) is 9.55. The van der Waals surface area contributed by atoms with Crippen molar-refractivity contribution in [2.45, 2.75) is 38.5 Å². The Morgan fingerprint density at radius 1 is 1.18 bits per heavy atom. The molecule has 2 aromatic carbocycles. The highest BCUT2D eigenvalue weighted by molar-refractivity contribution is 8.15. The van der Waals surface area contributed by atoms with Gasteiger partial charge >= 0.3 is 0 Å². The molecule has 1 aliphatic heterocycles. The lowest BCUT2D eigenvalue weighted by atomic mass is 10.1. The summed E-state index contributed by atoms with van der Waals surface area (Å²) in [6.45, 7) is 4.68. The van der Waals surface area contributed by atoms with Crippen molar-refractivity contribution in [3.63, 3.8) is 0 Å². The second-order valence-corrected chi connectivity index (χ2v) is 7.82. The number of aryl methyl sites for hydroxylation is 1. The zero-order valence-electron chi connectivity index (χ0n) is 16.5. The molecule has 0 aliphatic carbocycles. The number of methoxy groups -OCH3 is 1. The third-order valence-electron chi connectivity index (χ3n) is 4.63. The molecule has 6 heteroatoms. The molecule has 1 unspecified atom stereocenters. The molecule has 1 saturated heterocycles. The maximum atomic E-state index is 12.9. The number of thioether (sulfide) groups is 1. The van der Waals surface area contributed by atoms with Crippen LogP contribution >= 0.6 is 11.8 Å². The highest BCUT2D eigenvalue weighted by Gasteiger charge is 2.37. The summed E-state index contributed by atoms with van der Waals surface area (Å²) in [7, 11) is 1.64. The Morgan fingerprint density at radius 3 is 2.61 bits per heavy atom. The Morgan fingerprint density at radius 2 is 1.93 bits per heavy atom. The van der Waals surface area contributed by atoms with Crippen molar-refractivity contribution in [1.82, 2.24) is 4.90 Å². The first-order valence-electron chi connectivity index (χ1n) is 9.40.